The van der Waals surface area contributed by atoms with E-state index in [0.29, 0.717) is 4.47 Å². The molecule has 2 rings (SSSR count). The summed E-state index contributed by atoms with van der Waals surface area (Å²) in [5, 5.41) is 21.2. The van der Waals surface area contributed by atoms with Crippen LogP contribution in [0.2, 0.25) is 0 Å². The molecule has 0 aromatic heterocycles. The number of carbonyl (C=O) groups is 1. The van der Waals surface area contributed by atoms with Crippen LogP contribution in [0, 0.1) is 5.41 Å². The zero-order valence-electron chi connectivity index (χ0n) is 9.95. The van der Waals surface area contributed by atoms with Crippen LogP contribution in [0.5, 0.6) is 0 Å². The van der Waals surface area contributed by atoms with E-state index in [2.05, 4.69) is 21.2 Å². The van der Waals surface area contributed by atoms with Crippen LogP contribution in [0.4, 0.5) is 5.69 Å². The van der Waals surface area contributed by atoms with Gasteiger partial charge in [0.25, 0.3) is 0 Å². The first-order chi connectivity index (χ1) is 8.56. The Labute approximate surface area is 114 Å². The van der Waals surface area contributed by atoms with E-state index in [9.17, 15) is 4.79 Å². The van der Waals surface area contributed by atoms with Crippen LogP contribution in [-0.4, -0.2) is 29.3 Å². The molecule has 5 heteroatoms. The van der Waals surface area contributed by atoms with E-state index in [0.717, 1.165) is 31.5 Å². The number of rotatable bonds is 6. The number of aliphatic hydroxyl groups is 1. The monoisotopic (exact) mass is 313 g/mol. The highest BCUT2D eigenvalue weighted by Gasteiger charge is 2.41. The number of benzene rings is 1. The first-order valence-corrected chi connectivity index (χ1v) is 6.73. The lowest BCUT2D eigenvalue weighted by Gasteiger charge is -2.16. The maximum absolute atomic E-state index is 10.9. The molecule has 0 heterocycles. The number of carboxylic acid groups (broad SMARTS) is 1. The predicted octanol–water partition coefficient (Wildman–Crippen LogP) is 2.72. The van der Waals surface area contributed by atoms with E-state index in [1.54, 1.807) is 18.2 Å². The van der Waals surface area contributed by atoms with Gasteiger partial charge in [-0.05, 0) is 58.8 Å². The maximum atomic E-state index is 10.9. The van der Waals surface area contributed by atoms with Gasteiger partial charge in [0, 0.05) is 23.3 Å². The van der Waals surface area contributed by atoms with Crippen LogP contribution in [0.3, 0.4) is 0 Å². The molecule has 1 aliphatic rings. The van der Waals surface area contributed by atoms with Crippen molar-refractivity contribution in [1.29, 1.82) is 0 Å². The average Bonchev–Trinajstić information content (AvgIpc) is 3.07. The van der Waals surface area contributed by atoms with Gasteiger partial charge in [0.15, 0.2) is 0 Å². The quantitative estimate of drug-likeness (QED) is 0.755. The number of aromatic carboxylic acids is 1. The molecule has 1 aromatic carbocycles. The Bertz CT molecular complexity index is 458. The fourth-order valence-electron chi connectivity index (χ4n) is 2.02. The molecule has 3 N–H and O–H groups in total. The van der Waals surface area contributed by atoms with Crippen molar-refractivity contribution in [3.05, 3.63) is 28.2 Å². The summed E-state index contributed by atoms with van der Waals surface area (Å²) >= 11 is 3.25. The number of carboxylic acids is 1. The van der Waals surface area contributed by atoms with Gasteiger partial charge in [-0.1, -0.05) is 0 Å². The second-order valence-corrected chi connectivity index (χ2v) is 5.68. The van der Waals surface area contributed by atoms with E-state index >= 15 is 0 Å². The van der Waals surface area contributed by atoms with Crippen LogP contribution >= 0.6 is 15.9 Å². The van der Waals surface area contributed by atoms with Crippen LogP contribution in [0.15, 0.2) is 22.7 Å². The zero-order chi connectivity index (χ0) is 13.2. The highest BCUT2D eigenvalue weighted by Crippen LogP contribution is 2.48. The Morgan fingerprint density at radius 2 is 2.17 bits per heavy atom. The summed E-state index contributed by atoms with van der Waals surface area (Å²) in [7, 11) is 0. The average molecular weight is 314 g/mol. The minimum Gasteiger partial charge on any atom is -0.478 e. The molecular formula is C13H16BrNO3. The van der Waals surface area contributed by atoms with E-state index in [4.69, 9.17) is 10.2 Å². The molecule has 0 radical (unpaired) electrons. The Kier molecular flexibility index (Phi) is 3.92. The summed E-state index contributed by atoms with van der Waals surface area (Å²) in [4.78, 5) is 10.9. The Hall–Kier alpha value is -1.07. The van der Waals surface area contributed by atoms with Crippen LogP contribution in [0.25, 0.3) is 0 Å². The van der Waals surface area contributed by atoms with Crippen molar-refractivity contribution in [2.45, 2.75) is 19.3 Å². The highest BCUT2D eigenvalue weighted by molar-refractivity contribution is 9.10. The summed E-state index contributed by atoms with van der Waals surface area (Å²) in [6, 6.07) is 5.13. The van der Waals surface area contributed by atoms with Crippen molar-refractivity contribution in [2.24, 2.45) is 5.41 Å². The first kappa shape index (κ1) is 13.4. The summed E-state index contributed by atoms with van der Waals surface area (Å²) in [6.07, 6.45) is 3.12. The second kappa shape index (κ2) is 5.28. The largest absolute Gasteiger partial charge is 0.478 e. The summed E-state index contributed by atoms with van der Waals surface area (Å²) in [5.74, 6) is -0.938. The molecular weight excluding hydrogens is 298 g/mol. The zero-order valence-corrected chi connectivity index (χ0v) is 11.5. The van der Waals surface area contributed by atoms with Crippen LogP contribution in [-0.2, 0) is 0 Å². The molecule has 0 amide bonds. The molecule has 18 heavy (non-hydrogen) atoms. The Morgan fingerprint density at radius 3 is 2.67 bits per heavy atom. The van der Waals surface area contributed by atoms with Gasteiger partial charge >= 0.3 is 5.97 Å². The summed E-state index contributed by atoms with van der Waals surface area (Å²) < 4.78 is 0.576. The standard InChI is InChI=1S/C13H16BrNO3/c14-11-7-9(1-2-10(11)12(17)18)15-8-13(3-4-13)5-6-16/h1-2,7,15-16H,3-6,8H2,(H,17,18). The molecule has 1 saturated carbocycles. The van der Waals surface area contributed by atoms with Gasteiger partial charge in [-0.15, -0.1) is 0 Å². The van der Waals surface area contributed by atoms with Crippen molar-refractivity contribution in [1.82, 2.24) is 0 Å². The molecule has 0 unspecified atom stereocenters. The van der Waals surface area contributed by atoms with E-state index in [1.807, 2.05) is 0 Å². The van der Waals surface area contributed by atoms with Gasteiger partial charge in [0.05, 0.1) is 5.56 Å². The maximum Gasteiger partial charge on any atom is 0.336 e. The number of aliphatic hydroxyl groups excluding tert-OH is 1. The van der Waals surface area contributed by atoms with Crippen molar-refractivity contribution in [3.63, 3.8) is 0 Å². The van der Waals surface area contributed by atoms with Gasteiger partial charge in [-0.25, -0.2) is 4.79 Å². The molecule has 1 aromatic rings. The van der Waals surface area contributed by atoms with Crippen molar-refractivity contribution < 1.29 is 15.0 Å². The van der Waals surface area contributed by atoms with Gasteiger partial charge in [0.1, 0.15) is 0 Å². The SMILES string of the molecule is O=C(O)c1ccc(NCC2(CCO)CC2)cc1Br. The highest BCUT2D eigenvalue weighted by atomic mass is 79.9. The van der Waals surface area contributed by atoms with Crippen LogP contribution < -0.4 is 5.32 Å². The lowest BCUT2D eigenvalue weighted by molar-refractivity contribution is 0.0696. The van der Waals surface area contributed by atoms with E-state index in [-0.39, 0.29) is 17.6 Å². The molecule has 0 saturated heterocycles. The van der Waals surface area contributed by atoms with Crippen molar-refractivity contribution in [3.8, 4) is 0 Å². The third kappa shape index (κ3) is 3.03. The number of hydrogen-bond acceptors (Lipinski definition) is 3. The molecule has 0 bridgehead atoms. The van der Waals surface area contributed by atoms with Gasteiger partial charge in [-0.3, -0.25) is 0 Å². The van der Waals surface area contributed by atoms with E-state index < -0.39 is 5.97 Å². The molecule has 0 spiro atoms. The normalized spacial score (nSPS) is 16.3. The fourth-order valence-corrected chi connectivity index (χ4v) is 2.57. The van der Waals surface area contributed by atoms with Crippen molar-refractivity contribution in [2.75, 3.05) is 18.5 Å². The molecule has 1 aliphatic carbocycles. The van der Waals surface area contributed by atoms with Crippen LogP contribution in [0.1, 0.15) is 29.6 Å². The summed E-state index contributed by atoms with van der Waals surface area (Å²) in [6.45, 7) is 1.05. The minimum atomic E-state index is -0.938. The lowest BCUT2D eigenvalue weighted by Crippen LogP contribution is -2.16. The number of halogens is 1. The smallest absolute Gasteiger partial charge is 0.336 e. The lowest BCUT2D eigenvalue weighted by atomic mass is 10.0. The molecule has 1 fully saturated rings. The van der Waals surface area contributed by atoms with Gasteiger partial charge in [-0.2, -0.15) is 0 Å². The minimum absolute atomic E-state index is 0.226. The predicted molar refractivity (Wildman–Crippen MR) is 73.0 cm³/mol. The second-order valence-electron chi connectivity index (χ2n) is 4.83. The molecule has 98 valence electrons. The number of anilines is 1. The third-order valence-electron chi connectivity index (χ3n) is 3.47. The fraction of sp³-hybridized carbons (Fsp3) is 0.462. The molecule has 4 nitrogen and oxygen atoms in total. The Balaban J connectivity index is 1.98. The van der Waals surface area contributed by atoms with E-state index in [1.165, 1.54) is 0 Å². The topological polar surface area (TPSA) is 69.6 Å². The number of hydrogen-bond donors (Lipinski definition) is 3. The first-order valence-electron chi connectivity index (χ1n) is 5.94. The third-order valence-corrected chi connectivity index (χ3v) is 4.12. The van der Waals surface area contributed by atoms with Crippen molar-refractivity contribution >= 4 is 27.6 Å². The number of nitrogens with one attached hydrogen (secondary N) is 1. The summed E-state index contributed by atoms with van der Waals surface area (Å²) in [5.41, 5.74) is 1.40. The Morgan fingerprint density at radius 1 is 1.44 bits per heavy atom. The van der Waals surface area contributed by atoms with Gasteiger partial charge < -0.3 is 15.5 Å². The van der Waals surface area contributed by atoms with Gasteiger partial charge in [0.2, 0.25) is 0 Å². The molecule has 0 aliphatic heterocycles. The molecule has 0 atom stereocenters.